The molecular weight excluding hydrogens is 364 g/mol. The highest BCUT2D eigenvalue weighted by Gasteiger charge is 2.26. The molecule has 3 aromatic rings. The minimum Gasteiger partial charge on any atom is -0.339 e. The van der Waals surface area contributed by atoms with Gasteiger partial charge < -0.3 is 9.80 Å². The third kappa shape index (κ3) is 4.16. The van der Waals surface area contributed by atoms with Crippen LogP contribution in [0.15, 0.2) is 48.7 Å². The summed E-state index contributed by atoms with van der Waals surface area (Å²) in [6.07, 6.45) is 3.71. The minimum absolute atomic E-state index is 0.183. The van der Waals surface area contributed by atoms with Crippen LogP contribution in [-0.2, 0) is 0 Å². The molecule has 0 atom stereocenters. The number of aromatic nitrogens is 2. The molecule has 6 heteroatoms. The maximum atomic E-state index is 13.4. The van der Waals surface area contributed by atoms with Crippen molar-refractivity contribution in [3.63, 3.8) is 0 Å². The monoisotopic (exact) mass is 392 g/mol. The van der Waals surface area contributed by atoms with Crippen LogP contribution in [0.5, 0.6) is 0 Å². The number of carbonyl (C=O) groups is 2. The molecule has 0 fully saturated rings. The Hall–Kier alpha value is -3.15. The summed E-state index contributed by atoms with van der Waals surface area (Å²) in [4.78, 5) is 34.2. The highest BCUT2D eigenvalue weighted by molar-refractivity contribution is 6.10. The number of carbonyl (C=O) groups excluding carboxylic acids is 2. The second-order valence-electron chi connectivity index (χ2n) is 7.21. The fourth-order valence-corrected chi connectivity index (χ4v) is 3.38. The molecular formula is C23H28N4O2. The van der Waals surface area contributed by atoms with Gasteiger partial charge in [0.1, 0.15) is 0 Å². The van der Waals surface area contributed by atoms with E-state index in [4.69, 9.17) is 0 Å². The summed E-state index contributed by atoms with van der Waals surface area (Å²) in [5.74, 6) is -0.128. The smallest absolute Gasteiger partial charge is 0.289 e. The molecule has 2 heterocycles. The number of fused-ring (bicyclic) bond motifs is 1. The van der Waals surface area contributed by atoms with Gasteiger partial charge in [0.2, 0.25) is 5.82 Å². The average molecular weight is 393 g/mol. The standard InChI is InChI=1S/C23H28N4O2/c1-5-7-14-25(4)23(29)21-24-20(19-13-8-9-15-27(19)21)22(28)26(6-2)18-12-10-11-17(3)16-18/h8-13,15-16H,5-7,14H2,1-4H3. The van der Waals surface area contributed by atoms with Crippen LogP contribution in [0.1, 0.15) is 53.4 Å². The molecule has 152 valence electrons. The first kappa shape index (κ1) is 20.6. The van der Waals surface area contributed by atoms with E-state index in [1.54, 1.807) is 27.4 Å². The van der Waals surface area contributed by atoms with Crippen LogP contribution in [0.4, 0.5) is 5.69 Å². The van der Waals surface area contributed by atoms with Gasteiger partial charge in [0.25, 0.3) is 11.8 Å². The maximum absolute atomic E-state index is 13.4. The Kier molecular flexibility index (Phi) is 6.32. The fraction of sp³-hybridized carbons (Fsp3) is 0.348. The lowest BCUT2D eigenvalue weighted by atomic mass is 10.2. The van der Waals surface area contributed by atoms with Crippen molar-refractivity contribution in [2.45, 2.75) is 33.6 Å². The molecule has 1 aromatic carbocycles. The van der Waals surface area contributed by atoms with Gasteiger partial charge in [-0.2, -0.15) is 0 Å². The van der Waals surface area contributed by atoms with Crippen LogP contribution in [0.3, 0.4) is 0 Å². The molecule has 0 bridgehead atoms. The van der Waals surface area contributed by atoms with Gasteiger partial charge in [-0.3, -0.25) is 14.0 Å². The molecule has 2 aromatic heterocycles. The Labute approximate surface area is 171 Å². The lowest BCUT2D eigenvalue weighted by molar-refractivity contribution is 0.0780. The molecule has 29 heavy (non-hydrogen) atoms. The Morgan fingerprint density at radius 2 is 1.86 bits per heavy atom. The summed E-state index contributed by atoms with van der Waals surface area (Å²) in [5.41, 5.74) is 2.83. The topological polar surface area (TPSA) is 57.9 Å². The van der Waals surface area contributed by atoms with Crippen molar-refractivity contribution in [1.29, 1.82) is 0 Å². The molecule has 0 aliphatic rings. The third-order valence-corrected chi connectivity index (χ3v) is 5.01. The van der Waals surface area contributed by atoms with E-state index in [1.807, 2.05) is 56.3 Å². The number of hydrogen-bond donors (Lipinski definition) is 0. The van der Waals surface area contributed by atoms with Crippen molar-refractivity contribution in [3.8, 4) is 0 Å². The molecule has 0 aliphatic carbocycles. The molecule has 0 N–H and O–H groups in total. The highest BCUT2D eigenvalue weighted by atomic mass is 16.2. The fourth-order valence-electron chi connectivity index (χ4n) is 3.38. The van der Waals surface area contributed by atoms with Crippen LogP contribution < -0.4 is 4.90 Å². The SMILES string of the molecule is CCCCN(C)C(=O)c1nc(C(=O)N(CC)c2cccc(C)c2)c2ccccn12. The lowest BCUT2D eigenvalue weighted by Crippen LogP contribution is -2.31. The molecule has 3 rings (SSSR count). The first-order chi connectivity index (χ1) is 14.0. The predicted octanol–water partition coefficient (Wildman–Crippen LogP) is 4.18. The van der Waals surface area contributed by atoms with Crippen molar-refractivity contribution >= 4 is 23.0 Å². The molecule has 0 saturated heterocycles. The van der Waals surface area contributed by atoms with Crippen LogP contribution in [0, 0.1) is 6.92 Å². The maximum Gasteiger partial charge on any atom is 0.289 e. The summed E-state index contributed by atoms with van der Waals surface area (Å²) in [5, 5.41) is 0. The number of hydrogen-bond acceptors (Lipinski definition) is 3. The number of aryl methyl sites for hydroxylation is 1. The van der Waals surface area contributed by atoms with Gasteiger partial charge in [0.05, 0.1) is 5.52 Å². The van der Waals surface area contributed by atoms with Crippen molar-refractivity contribution in [1.82, 2.24) is 14.3 Å². The number of amides is 2. The van der Waals surface area contributed by atoms with Gasteiger partial charge >= 0.3 is 0 Å². The summed E-state index contributed by atoms with van der Waals surface area (Å²) in [7, 11) is 1.77. The van der Waals surface area contributed by atoms with Crippen molar-refractivity contribution in [3.05, 3.63) is 65.7 Å². The van der Waals surface area contributed by atoms with E-state index < -0.39 is 0 Å². The van der Waals surface area contributed by atoms with Crippen molar-refractivity contribution in [2.24, 2.45) is 0 Å². The first-order valence-corrected chi connectivity index (χ1v) is 10.1. The summed E-state index contributed by atoms with van der Waals surface area (Å²) in [6, 6.07) is 13.3. The predicted molar refractivity (Wildman–Crippen MR) is 116 cm³/mol. The lowest BCUT2D eigenvalue weighted by Gasteiger charge is -2.20. The van der Waals surface area contributed by atoms with Gasteiger partial charge in [-0.25, -0.2) is 4.98 Å². The Morgan fingerprint density at radius 1 is 1.07 bits per heavy atom. The zero-order chi connectivity index (χ0) is 21.0. The summed E-state index contributed by atoms with van der Waals surface area (Å²) >= 11 is 0. The van der Waals surface area contributed by atoms with E-state index in [2.05, 4.69) is 11.9 Å². The van der Waals surface area contributed by atoms with Crippen LogP contribution >= 0.6 is 0 Å². The molecule has 2 amide bonds. The van der Waals surface area contributed by atoms with E-state index in [0.29, 0.717) is 24.3 Å². The number of nitrogens with zero attached hydrogens (tertiary/aromatic N) is 4. The average Bonchev–Trinajstić information content (AvgIpc) is 3.11. The van der Waals surface area contributed by atoms with Gasteiger partial charge in [0, 0.05) is 32.0 Å². The van der Waals surface area contributed by atoms with Crippen LogP contribution in [0.2, 0.25) is 0 Å². The van der Waals surface area contributed by atoms with Crippen LogP contribution in [-0.4, -0.2) is 46.2 Å². The number of imidazole rings is 1. The molecule has 0 saturated carbocycles. The molecule has 6 nitrogen and oxygen atoms in total. The van der Waals surface area contributed by atoms with E-state index in [0.717, 1.165) is 24.1 Å². The Balaban J connectivity index is 2.03. The van der Waals surface area contributed by atoms with Gasteiger partial charge in [-0.1, -0.05) is 31.5 Å². The summed E-state index contributed by atoms with van der Waals surface area (Å²) in [6.45, 7) is 7.18. The zero-order valence-corrected chi connectivity index (χ0v) is 17.6. The normalized spacial score (nSPS) is 10.9. The van der Waals surface area contributed by atoms with Crippen molar-refractivity contribution < 1.29 is 9.59 Å². The highest BCUT2D eigenvalue weighted by Crippen LogP contribution is 2.22. The second kappa shape index (κ2) is 8.90. The van der Waals surface area contributed by atoms with Gasteiger partial charge in [-0.05, 0) is 50.1 Å². The zero-order valence-electron chi connectivity index (χ0n) is 17.6. The number of benzene rings is 1. The first-order valence-electron chi connectivity index (χ1n) is 10.1. The van der Waals surface area contributed by atoms with Crippen LogP contribution in [0.25, 0.3) is 5.52 Å². The quantitative estimate of drug-likeness (QED) is 0.606. The Bertz CT molecular complexity index is 1020. The molecule has 0 spiro atoms. The molecule has 0 radical (unpaired) electrons. The van der Waals surface area contributed by atoms with Gasteiger partial charge in [0.15, 0.2) is 5.69 Å². The van der Waals surface area contributed by atoms with Crippen molar-refractivity contribution in [2.75, 3.05) is 25.0 Å². The number of anilines is 1. The third-order valence-electron chi connectivity index (χ3n) is 5.01. The molecule has 0 unspecified atom stereocenters. The summed E-state index contributed by atoms with van der Waals surface area (Å²) < 4.78 is 1.71. The second-order valence-corrected chi connectivity index (χ2v) is 7.21. The number of unbranched alkanes of at least 4 members (excludes halogenated alkanes) is 1. The largest absolute Gasteiger partial charge is 0.339 e. The van der Waals surface area contributed by atoms with E-state index >= 15 is 0 Å². The molecule has 0 aliphatic heterocycles. The minimum atomic E-state index is -0.211. The van der Waals surface area contributed by atoms with E-state index in [1.165, 1.54) is 0 Å². The Morgan fingerprint density at radius 3 is 2.55 bits per heavy atom. The van der Waals surface area contributed by atoms with Gasteiger partial charge in [-0.15, -0.1) is 0 Å². The van der Waals surface area contributed by atoms with E-state index in [9.17, 15) is 9.59 Å². The number of pyridine rings is 1. The van der Waals surface area contributed by atoms with E-state index in [-0.39, 0.29) is 17.6 Å². The number of rotatable bonds is 7.